The molecule has 10 heteroatoms. The van der Waals surface area contributed by atoms with Crippen molar-refractivity contribution in [2.24, 2.45) is 5.73 Å². The van der Waals surface area contributed by atoms with Gasteiger partial charge in [-0.25, -0.2) is 13.1 Å². The summed E-state index contributed by atoms with van der Waals surface area (Å²) in [4.78, 5) is -0.524. The molecular formula is C10H13Cl2F3N2O2S. The van der Waals surface area contributed by atoms with Gasteiger partial charge in [-0.1, -0.05) is 11.6 Å². The van der Waals surface area contributed by atoms with Gasteiger partial charge in [0.15, 0.2) is 0 Å². The molecule has 0 amide bonds. The van der Waals surface area contributed by atoms with E-state index in [0.29, 0.717) is 18.6 Å². The first kappa shape index (κ1) is 19.5. The van der Waals surface area contributed by atoms with Gasteiger partial charge in [-0.2, -0.15) is 13.2 Å². The van der Waals surface area contributed by atoms with Crippen LogP contribution >= 0.6 is 24.0 Å². The summed E-state index contributed by atoms with van der Waals surface area (Å²) in [5.74, 6) is 0. The van der Waals surface area contributed by atoms with E-state index in [1.807, 2.05) is 0 Å². The van der Waals surface area contributed by atoms with E-state index in [9.17, 15) is 21.6 Å². The molecule has 0 atom stereocenters. The molecule has 0 fully saturated rings. The van der Waals surface area contributed by atoms with Crippen molar-refractivity contribution in [3.8, 4) is 0 Å². The van der Waals surface area contributed by atoms with Gasteiger partial charge in [0.05, 0.1) is 10.5 Å². The fourth-order valence-corrected chi connectivity index (χ4v) is 2.72. The number of nitrogens with two attached hydrogens (primary N) is 1. The van der Waals surface area contributed by atoms with Crippen molar-refractivity contribution in [2.45, 2.75) is 17.5 Å². The van der Waals surface area contributed by atoms with E-state index in [0.717, 1.165) is 6.07 Å². The van der Waals surface area contributed by atoms with Crippen LogP contribution in [0.15, 0.2) is 23.1 Å². The third-order valence-corrected chi connectivity index (χ3v) is 3.84. The number of sulfonamides is 1. The highest BCUT2D eigenvalue weighted by Crippen LogP contribution is 2.32. The summed E-state index contributed by atoms with van der Waals surface area (Å²) in [6.07, 6.45) is -4.28. The zero-order chi connectivity index (χ0) is 14.7. The summed E-state index contributed by atoms with van der Waals surface area (Å²) in [5.41, 5.74) is 4.09. The van der Waals surface area contributed by atoms with Crippen LogP contribution in [0.3, 0.4) is 0 Å². The summed E-state index contributed by atoms with van der Waals surface area (Å²) < 4.78 is 63.3. The molecule has 1 aromatic rings. The maximum Gasteiger partial charge on any atom is 0.416 e. The average Bonchev–Trinajstić information content (AvgIpc) is 2.27. The summed E-state index contributed by atoms with van der Waals surface area (Å²) >= 11 is 5.51. The van der Waals surface area contributed by atoms with Crippen LogP contribution in [0.2, 0.25) is 5.02 Å². The molecule has 0 radical (unpaired) electrons. The number of nitrogens with one attached hydrogen (secondary N) is 1. The molecule has 0 bridgehead atoms. The number of hydrogen-bond acceptors (Lipinski definition) is 3. The molecule has 1 rings (SSSR count). The van der Waals surface area contributed by atoms with Crippen LogP contribution in [0.25, 0.3) is 0 Å². The first-order chi connectivity index (χ1) is 8.66. The number of hydrogen-bond donors (Lipinski definition) is 2. The number of rotatable bonds is 5. The molecule has 0 aliphatic rings. The predicted molar refractivity (Wildman–Crippen MR) is 72.6 cm³/mol. The lowest BCUT2D eigenvalue weighted by molar-refractivity contribution is -0.137. The van der Waals surface area contributed by atoms with Gasteiger partial charge in [0.2, 0.25) is 10.0 Å². The minimum atomic E-state index is -4.66. The van der Waals surface area contributed by atoms with Crippen molar-refractivity contribution in [3.05, 3.63) is 28.8 Å². The summed E-state index contributed by atoms with van der Waals surface area (Å²) in [5, 5.41) is -0.297. The second kappa shape index (κ2) is 7.46. The molecule has 1 aromatic carbocycles. The van der Waals surface area contributed by atoms with E-state index in [1.54, 1.807) is 0 Å². The second-order valence-corrected chi connectivity index (χ2v) is 5.92. The molecule has 0 aliphatic carbocycles. The lowest BCUT2D eigenvalue weighted by Gasteiger charge is -2.11. The zero-order valence-corrected chi connectivity index (χ0v) is 12.5. The highest BCUT2D eigenvalue weighted by atomic mass is 35.5. The Morgan fingerprint density at radius 3 is 2.35 bits per heavy atom. The molecule has 0 heterocycles. The maximum absolute atomic E-state index is 12.6. The number of halogens is 5. The maximum atomic E-state index is 12.6. The van der Waals surface area contributed by atoms with Gasteiger partial charge in [0.25, 0.3) is 0 Å². The van der Waals surface area contributed by atoms with Gasteiger partial charge in [-0.3, -0.25) is 0 Å². The van der Waals surface area contributed by atoms with Crippen LogP contribution in [0.5, 0.6) is 0 Å². The molecular weight excluding hydrogens is 340 g/mol. The Balaban J connectivity index is 0.00000361. The third kappa shape index (κ3) is 5.45. The molecule has 20 heavy (non-hydrogen) atoms. The van der Waals surface area contributed by atoms with E-state index in [-0.39, 0.29) is 30.5 Å². The average molecular weight is 353 g/mol. The first-order valence-electron chi connectivity index (χ1n) is 5.24. The summed E-state index contributed by atoms with van der Waals surface area (Å²) in [6.45, 7) is 0.318. The van der Waals surface area contributed by atoms with Crippen molar-refractivity contribution >= 4 is 34.0 Å². The van der Waals surface area contributed by atoms with Gasteiger partial charge >= 0.3 is 6.18 Å². The molecule has 0 saturated heterocycles. The van der Waals surface area contributed by atoms with Crippen LogP contribution in [0, 0.1) is 0 Å². The molecule has 0 spiro atoms. The largest absolute Gasteiger partial charge is 0.416 e. The van der Waals surface area contributed by atoms with Gasteiger partial charge in [0.1, 0.15) is 0 Å². The number of benzene rings is 1. The van der Waals surface area contributed by atoms with E-state index < -0.39 is 26.7 Å². The highest BCUT2D eigenvalue weighted by Gasteiger charge is 2.32. The minimum absolute atomic E-state index is 0. The molecule has 116 valence electrons. The van der Waals surface area contributed by atoms with Crippen molar-refractivity contribution in [3.63, 3.8) is 0 Å². The molecule has 0 unspecified atom stereocenters. The SMILES string of the molecule is Cl.NCCCNS(=O)(=O)c1cc(Cl)cc(C(F)(F)F)c1. The zero-order valence-electron chi connectivity index (χ0n) is 10.1. The third-order valence-electron chi connectivity index (χ3n) is 2.18. The fraction of sp³-hybridized carbons (Fsp3) is 0.400. The lowest BCUT2D eigenvalue weighted by atomic mass is 10.2. The topological polar surface area (TPSA) is 72.2 Å². The smallest absolute Gasteiger partial charge is 0.330 e. The second-order valence-electron chi connectivity index (χ2n) is 3.71. The van der Waals surface area contributed by atoms with Crippen LogP contribution in [0.1, 0.15) is 12.0 Å². The van der Waals surface area contributed by atoms with E-state index in [1.165, 1.54) is 0 Å². The fourth-order valence-electron chi connectivity index (χ4n) is 1.27. The van der Waals surface area contributed by atoms with Crippen LogP contribution in [0.4, 0.5) is 13.2 Å². The molecule has 0 saturated carbocycles. The Labute approximate surface area is 125 Å². The van der Waals surface area contributed by atoms with Gasteiger partial charge in [-0.05, 0) is 31.2 Å². The molecule has 0 aromatic heterocycles. The van der Waals surface area contributed by atoms with Crippen molar-refractivity contribution in [1.82, 2.24) is 4.72 Å². The van der Waals surface area contributed by atoms with Crippen molar-refractivity contribution in [2.75, 3.05) is 13.1 Å². The highest BCUT2D eigenvalue weighted by molar-refractivity contribution is 7.89. The predicted octanol–water partition coefficient (Wildman–Crippen LogP) is 2.41. The molecule has 0 aliphatic heterocycles. The van der Waals surface area contributed by atoms with Crippen LogP contribution in [-0.2, 0) is 16.2 Å². The van der Waals surface area contributed by atoms with Gasteiger partial charge in [-0.15, -0.1) is 12.4 Å². The van der Waals surface area contributed by atoms with Gasteiger partial charge in [0, 0.05) is 11.6 Å². The quantitative estimate of drug-likeness (QED) is 0.799. The normalized spacial score (nSPS) is 12.1. The lowest BCUT2D eigenvalue weighted by Crippen LogP contribution is -2.26. The van der Waals surface area contributed by atoms with Crippen LogP contribution < -0.4 is 10.5 Å². The van der Waals surface area contributed by atoms with E-state index >= 15 is 0 Å². The Morgan fingerprint density at radius 1 is 1.25 bits per heavy atom. The first-order valence-corrected chi connectivity index (χ1v) is 7.10. The van der Waals surface area contributed by atoms with Crippen LogP contribution in [-0.4, -0.2) is 21.5 Å². The molecule has 4 nitrogen and oxygen atoms in total. The van der Waals surface area contributed by atoms with Gasteiger partial charge < -0.3 is 5.73 Å². The van der Waals surface area contributed by atoms with E-state index in [2.05, 4.69) is 4.72 Å². The monoisotopic (exact) mass is 352 g/mol. The minimum Gasteiger partial charge on any atom is -0.330 e. The van der Waals surface area contributed by atoms with Crippen molar-refractivity contribution < 1.29 is 21.6 Å². The van der Waals surface area contributed by atoms with E-state index in [4.69, 9.17) is 17.3 Å². The Kier molecular flexibility index (Phi) is 7.26. The molecule has 3 N–H and O–H groups in total. The Bertz CT molecular complexity index is 550. The Hall–Kier alpha value is -0.540. The number of alkyl halides is 3. The summed E-state index contributed by atoms with van der Waals surface area (Å²) in [6, 6.07) is 2.17. The summed E-state index contributed by atoms with van der Waals surface area (Å²) in [7, 11) is -4.03. The van der Waals surface area contributed by atoms with Crippen molar-refractivity contribution in [1.29, 1.82) is 0 Å². The Morgan fingerprint density at radius 2 is 1.85 bits per heavy atom. The standard InChI is InChI=1S/C10H12ClF3N2O2S.ClH/c11-8-4-7(10(12,13)14)5-9(6-8)19(17,18)16-3-1-2-15;/h4-6,16H,1-3,15H2;1H.